The Kier molecular flexibility index (Phi) is 9.07. The van der Waals surface area contributed by atoms with Crippen LogP contribution in [0.3, 0.4) is 0 Å². The Labute approximate surface area is 147 Å². The van der Waals surface area contributed by atoms with E-state index >= 15 is 0 Å². The van der Waals surface area contributed by atoms with Crippen molar-refractivity contribution in [1.29, 1.82) is 0 Å². The Morgan fingerprint density at radius 2 is 1.96 bits per heavy atom. The zero-order chi connectivity index (χ0) is 17.2. The van der Waals surface area contributed by atoms with Crippen LogP contribution < -0.4 is 9.47 Å². The predicted octanol–water partition coefficient (Wildman–Crippen LogP) is 4.24. The van der Waals surface area contributed by atoms with Crippen LogP contribution in [-0.2, 0) is 16.0 Å². The van der Waals surface area contributed by atoms with Gasteiger partial charge >= 0.3 is 0 Å². The molecule has 0 N–H and O–H groups in total. The van der Waals surface area contributed by atoms with Crippen LogP contribution in [0.25, 0.3) is 0 Å². The molecule has 0 saturated carbocycles. The summed E-state index contributed by atoms with van der Waals surface area (Å²) < 4.78 is 16.8. The van der Waals surface area contributed by atoms with Gasteiger partial charge in [0, 0.05) is 0 Å². The summed E-state index contributed by atoms with van der Waals surface area (Å²) in [6.45, 7) is 6.70. The van der Waals surface area contributed by atoms with Gasteiger partial charge in [-0.3, -0.25) is 4.79 Å². The van der Waals surface area contributed by atoms with Crippen LogP contribution in [0, 0.1) is 6.92 Å². The molecule has 0 atom stereocenters. The normalized spacial score (nSPS) is 10.3. The summed E-state index contributed by atoms with van der Waals surface area (Å²) in [5.41, 5.74) is 2.03. The van der Waals surface area contributed by atoms with E-state index in [0.717, 1.165) is 29.0 Å². The predicted molar refractivity (Wildman–Crippen MR) is 92.8 cm³/mol. The van der Waals surface area contributed by atoms with Gasteiger partial charge < -0.3 is 14.2 Å². The van der Waals surface area contributed by atoms with E-state index in [1.165, 1.54) is 6.92 Å². The quantitative estimate of drug-likeness (QED) is 0.585. The summed E-state index contributed by atoms with van der Waals surface area (Å²) in [5, 5.41) is 0. The highest BCUT2D eigenvalue weighted by Gasteiger charge is 2.09. The molecule has 0 spiro atoms. The number of hydrogen-bond donors (Lipinski definition) is 0. The molecule has 128 valence electrons. The molecular weight excluding hydrogens is 339 g/mol. The molecule has 4 nitrogen and oxygen atoms in total. The molecule has 0 unspecified atom stereocenters. The van der Waals surface area contributed by atoms with Gasteiger partial charge in [-0.2, -0.15) is 0 Å². The van der Waals surface area contributed by atoms with Crippen molar-refractivity contribution < 1.29 is 19.0 Å². The monoisotopic (exact) mass is 360 g/mol. The lowest BCUT2D eigenvalue weighted by atomic mass is 10.1. The fourth-order valence-electron chi connectivity index (χ4n) is 1.98. The molecule has 1 aromatic rings. The van der Waals surface area contributed by atoms with Crippen LogP contribution in [0.5, 0.6) is 11.5 Å². The first-order chi connectivity index (χ1) is 10.9. The van der Waals surface area contributed by atoms with Gasteiger partial charge in [0.2, 0.25) is 0 Å². The standard InChI is InChI=1S/C17H22Cl2O4/c1-4-14-10-15(22-6-5-16(18)19)9-12(2)17(14)23-8-7-21-11-13(3)20/h5,9-10H,4,6-8,11H2,1-3H3. The number of benzene rings is 1. The fraction of sp³-hybridized carbons (Fsp3) is 0.471. The maximum absolute atomic E-state index is 10.8. The van der Waals surface area contributed by atoms with Crippen molar-refractivity contribution in [3.05, 3.63) is 33.8 Å². The number of ketones is 1. The molecule has 0 saturated heterocycles. The summed E-state index contributed by atoms with van der Waals surface area (Å²) >= 11 is 11.1. The number of halogens is 2. The van der Waals surface area contributed by atoms with Gasteiger partial charge in [0.25, 0.3) is 0 Å². The molecule has 0 amide bonds. The Morgan fingerprint density at radius 3 is 2.57 bits per heavy atom. The average Bonchev–Trinajstić information content (AvgIpc) is 2.47. The van der Waals surface area contributed by atoms with Crippen molar-refractivity contribution >= 4 is 29.0 Å². The van der Waals surface area contributed by atoms with Crippen LogP contribution in [0.4, 0.5) is 0 Å². The highest BCUT2D eigenvalue weighted by Crippen LogP contribution is 2.29. The molecular formula is C17H22Cl2O4. The Morgan fingerprint density at radius 1 is 1.22 bits per heavy atom. The van der Waals surface area contributed by atoms with E-state index in [1.54, 1.807) is 6.08 Å². The third-order valence-electron chi connectivity index (χ3n) is 2.97. The van der Waals surface area contributed by atoms with Gasteiger partial charge in [-0.25, -0.2) is 0 Å². The van der Waals surface area contributed by atoms with Crippen LogP contribution in [0.2, 0.25) is 0 Å². The van der Waals surface area contributed by atoms with E-state index in [2.05, 4.69) is 0 Å². The lowest BCUT2D eigenvalue weighted by Gasteiger charge is -2.15. The average molecular weight is 361 g/mol. The number of aryl methyl sites for hydroxylation is 2. The van der Waals surface area contributed by atoms with E-state index in [9.17, 15) is 4.79 Å². The van der Waals surface area contributed by atoms with E-state index < -0.39 is 0 Å². The highest BCUT2D eigenvalue weighted by molar-refractivity contribution is 6.55. The number of carbonyl (C=O) groups is 1. The number of Topliss-reactive ketones (excluding diaryl/α,β-unsaturated/α-hetero) is 1. The smallest absolute Gasteiger partial charge is 0.155 e. The highest BCUT2D eigenvalue weighted by atomic mass is 35.5. The van der Waals surface area contributed by atoms with Crippen LogP contribution >= 0.6 is 23.2 Å². The van der Waals surface area contributed by atoms with Crippen molar-refractivity contribution in [3.63, 3.8) is 0 Å². The van der Waals surface area contributed by atoms with Crippen LogP contribution in [0.15, 0.2) is 22.7 Å². The molecule has 1 aromatic carbocycles. The molecule has 0 aliphatic carbocycles. The summed E-state index contributed by atoms with van der Waals surface area (Å²) in [4.78, 5) is 10.8. The maximum Gasteiger partial charge on any atom is 0.155 e. The zero-order valence-corrected chi connectivity index (χ0v) is 15.2. The maximum atomic E-state index is 10.8. The Balaban J connectivity index is 2.65. The molecule has 0 heterocycles. The Hall–Kier alpha value is -1.23. The molecule has 0 aromatic heterocycles. The molecule has 0 aliphatic heterocycles. The molecule has 0 radical (unpaired) electrons. The largest absolute Gasteiger partial charge is 0.491 e. The van der Waals surface area contributed by atoms with Gasteiger partial charge in [0.15, 0.2) is 5.78 Å². The molecule has 23 heavy (non-hydrogen) atoms. The summed E-state index contributed by atoms with van der Waals surface area (Å²) in [6.07, 6.45) is 2.40. The molecule has 1 rings (SSSR count). The Bertz CT molecular complexity index is 552. The fourth-order valence-corrected chi connectivity index (χ4v) is 2.11. The lowest BCUT2D eigenvalue weighted by Crippen LogP contribution is -2.12. The molecule has 0 bridgehead atoms. The summed E-state index contributed by atoms with van der Waals surface area (Å²) in [7, 11) is 0. The first-order valence-corrected chi connectivity index (χ1v) is 8.17. The minimum Gasteiger partial charge on any atom is -0.491 e. The van der Waals surface area contributed by atoms with Gasteiger partial charge in [-0.1, -0.05) is 30.1 Å². The van der Waals surface area contributed by atoms with E-state index in [0.29, 0.717) is 19.8 Å². The minimum absolute atomic E-state index is 0.00280. The zero-order valence-electron chi connectivity index (χ0n) is 13.7. The molecule has 6 heteroatoms. The van der Waals surface area contributed by atoms with Crippen molar-refractivity contribution in [1.82, 2.24) is 0 Å². The molecule has 0 aliphatic rings. The van der Waals surface area contributed by atoms with E-state index in [-0.39, 0.29) is 16.9 Å². The lowest BCUT2D eigenvalue weighted by molar-refractivity contribution is -0.121. The van der Waals surface area contributed by atoms with Gasteiger partial charge in [0.1, 0.15) is 35.8 Å². The summed E-state index contributed by atoms with van der Waals surface area (Å²) in [5.74, 6) is 1.57. The van der Waals surface area contributed by atoms with Crippen molar-refractivity contribution in [3.8, 4) is 11.5 Å². The molecule has 0 fully saturated rings. The van der Waals surface area contributed by atoms with Crippen LogP contribution in [0.1, 0.15) is 25.0 Å². The second kappa shape index (κ2) is 10.5. The number of ether oxygens (including phenoxy) is 3. The second-order valence-electron chi connectivity index (χ2n) is 4.99. The van der Waals surface area contributed by atoms with Gasteiger partial charge in [0.05, 0.1) is 6.61 Å². The SMILES string of the molecule is CCc1cc(OCC=C(Cl)Cl)cc(C)c1OCCOCC(C)=O. The summed E-state index contributed by atoms with van der Waals surface area (Å²) in [6, 6.07) is 3.84. The van der Waals surface area contributed by atoms with Crippen molar-refractivity contribution in [2.24, 2.45) is 0 Å². The van der Waals surface area contributed by atoms with Crippen molar-refractivity contribution in [2.75, 3.05) is 26.4 Å². The van der Waals surface area contributed by atoms with E-state index in [4.69, 9.17) is 37.4 Å². The number of rotatable bonds is 10. The van der Waals surface area contributed by atoms with Crippen LogP contribution in [-0.4, -0.2) is 32.2 Å². The van der Waals surface area contributed by atoms with Gasteiger partial charge in [-0.05, 0) is 49.6 Å². The van der Waals surface area contributed by atoms with Gasteiger partial charge in [-0.15, -0.1) is 0 Å². The number of carbonyl (C=O) groups excluding carboxylic acids is 1. The third-order valence-corrected chi connectivity index (χ3v) is 3.28. The topological polar surface area (TPSA) is 44.8 Å². The minimum atomic E-state index is 0.00280. The third kappa shape index (κ3) is 7.73. The van der Waals surface area contributed by atoms with Crippen molar-refractivity contribution in [2.45, 2.75) is 27.2 Å². The van der Waals surface area contributed by atoms with E-state index in [1.807, 2.05) is 26.0 Å². The first-order valence-electron chi connectivity index (χ1n) is 7.41. The first kappa shape index (κ1) is 19.8. The number of hydrogen-bond acceptors (Lipinski definition) is 4. The second-order valence-corrected chi connectivity index (χ2v) is 6.00.